The van der Waals surface area contributed by atoms with Gasteiger partial charge in [0, 0.05) is 17.3 Å². The number of primary amides is 1. The van der Waals surface area contributed by atoms with Crippen molar-refractivity contribution < 1.29 is 9.59 Å². The van der Waals surface area contributed by atoms with Crippen molar-refractivity contribution in [1.29, 1.82) is 0 Å². The van der Waals surface area contributed by atoms with Crippen molar-refractivity contribution in [3.8, 4) is 0 Å². The van der Waals surface area contributed by atoms with Crippen LogP contribution in [-0.2, 0) is 4.79 Å². The van der Waals surface area contributed by atoms with E-state index in [0.29, 0.717) is 11.1 Å². The van der Waals surface area contributed by atoms with Crippen LogP contribution in [0.4, 0.5) is 0 Å². The highest BCUT2D eigenvalue weighted by Gasteiger charge is 2.02. The van der Waals surface area contributed by atoms with Gasteiger partial charge in [0.2, 0.25) is 5.91 Å². The Bertz CT molecular complexity index is 396. The number of benzene rings is 1. The van der Waals surface area contributed by atoms with Crippen LogP contribution in [0.25, 0.3) is 0 Å². The van der Waals surface area contributed by atoms with Gasteiger partial charge in [-0.3, -0.25) is 9.59 Å². The zero-order valence-corrected chi connectivity index (χ0v) is 8.36. The van der Waals surface area contributed by atoms with E-state index in [9.17, 15) is 9.59 Å². The number of carbonyl (C=O) groups is 2. The Morgan fingerprint density at radius 1 is 1.27 bits per heavy atom. The third-order valence-corrected chi connectivity index (χ3v) is 1.84. The molecule has 0 aliphatic carbocycles. The second-order valence-corrected chi connectivity index (χ2v) is 3.03. The number of carbonyl (C=O) groups excluding carboxylic acids is 2. The fourth-order valence-corrected chi connectivity index (χ4v) is 0.918. The van der Waals surface area contributed by atoms with E-state index in [2.05, 4.69) is 5.32 Å². The minimum atomic E-state index is -0.552. The van der Waals surface area contributed by atoms with E-state index in [1.165, 1.54) is 13.1 Å². The van der Waals surface area contributed by atoms with Crippen molar-refractivity contribution in [3.05, 3.63) is 47.7 Å². The van der Waals surface area contributed by atoms with Crippen LogP contribution in [-0.4, -0.2) is 11.8 Å². The van der Waals surface area contributed by atoms with Crippen LogP contribution in [0.1, 0.15) is 17.3 Å². The molecule has 0 aliphatic heterocycles. The van der Waals surface area contributed by atoms with Gasteiger partial charge in [0.15, 0.2) is 0 Å². The number of nitrogens with one attached hydrogen (secondary N) is 1. The molecule has 1 aromatic carbocycles. The molecule has 2 amide bonds. The highest BCUT2D eigenvalue weighted by molar-refractivity contribution is 5.96. The van der Waals surface area contributed by atoms with E-state index < -0.39 is 5.91 Å². The third kappa shape index (κ3) is 3.27. The minimum Gasteiger partial charge on any atom is -0.366 e. The molecule has 0 bridgehead atoms. The van der Waals surface area contributed by atoms with E-state index >= 15 is 0 Å². The second kappa shape index (κ2) is 4.95. The number of hydrogen-bond acceptors (Lipinski definition) is 2. The lowest BCUT2D eigenvalue weighted by molar-refractivity contribution is -0.114. The summed E-state index contributed by atoms with van der Waals surface area (Å²) in [5, 5.41) is 2.48. The predicted molar refractivity (Wildman–Crippen MR) is 56.9 cm³/mol. The molecule has 4 heteroatoms. The Morgan fingerprint density at radius 3 is 2.40 bits per heavy atom. The van der Waals surface area contributed by atoms with Crippen molar-refractivity contribution in [3.63, 3.8) is 0 Å². The van der Waals surface area contributed by atoms with Crippen LogP contribution >= 0.6 is 0 Å². The summed E-state index contributed by atoms with van der Waals surface area (Å²) < 4.78 is 0. The van der Waals surface area contributed by atoms with Crippen LogP contribution in [0, 0.1) is 0 Å². The highest BCUT2D eigenvalue weighted by atomic mass is 16.2. The van der Waals surface area contributed by atoms with Crippen molar-refractivity contribution in [2.75, 3.05) is 0 Å². The van der Waals surface area contributed by atoms with Gasteiger partial charge in [-0.15, -0.1) is 0 Å². The van der Waals surface area contributed by atoms with Gasteiger partial charge >= 0.3 is 0 Å². The monoisotopic (exact) mass is 204 g/mol. The number of hydrogen-bond donors (Lipinski definition) is 2. The smallest absolute Gasteiger partial charge is 0.255 e. The fourth-order valence-electron chi connectivity index (χ4n) is 0.918. The molecular formula is C11H12N2O2. The topological polar surface area (TPSA) is 72.2 Å². The van der Waals surface area contributed by atoms with Crippen LogP contribution in [0.2, 0.25) is 0 Å². The summed E-state index contributed by atoms with van der Waals surface area (Å²) in [4.78, 5) is 22.1. The van der Waals surface area contributed by atoms with Gasteiger partial charge in [-0.1, -0.05) is 18.2 Å². The summed E-state index contributed by atoms with van der Waals surface area (Å²) in [6, 6.07) is 8.71. The molecule has 15 heavy (non-hydrogen) atoms. The molecule has 0 saturated heterocycles. The lowest BCUT2D eigenvalue weighted by Crippen LogP contribution is -2.20. The average molecular weight is 204 g/mol. The normalized spacial score (nSPS) is 10.9. The first-order chi connectivity index (χ1) is 7.11. The molecule has 0 fully saturated rings. The summed E-state index contributed by atoms with van der Waals surface area (Å²) >= 11 is 0. The van der Waals surface area contributed by atoms with Crippen molar-refractivity contribution in [2.45, 2.75) is 6.92 Å². The van der Waals surface area contributed by atoms with Crippen molar-refractivity contribution in [2.24, 2.45) is 5.73 Å². The van der Waals surface area contributed by atoms with Gasteiger partial charge in [0.1, 0.15) is 0 Å². The van der Waals surface area contributed by atoms with Gasteiger partial charge in [0.05, 0.1) is 0 Å². The number of nitrogens with two attached hydrogens (primary N) is 1. The molecule has 0 unspecified atom stereocenters. The van der Waals surface area contributed by atoms with E-state index in [4.69, 9.17) is 5.73 Å². The Hall–Kier alpha value is -2.10. The molecule has 1 rings (SSSR count). The predicted octanol–water partition coefficient (Wildman–Crippen LogP) is 0.806. The zero-order valence-electron chi connectivity index (χ0n) is 8.36. The quantitative estimate of drug-likeness (QED) is 0.715. The molecule has 0 saturated carbocycles. The molecule has 0 radical (unpaired) electrons. The number of amides is 2. The average Bonchev–Trinajstić information content (AvgIpc) is 2.26. The first kappa shape index (κ1) is 11.0. The van der Waals surface area contributed by atoms with E-state index in [1.54, 1.807) is 24.3 Å². The fraction of sp³-hybridized carbons (Fsp3) is 0.0909. The summed E-state index contributed by atoms with van der Waals surface area (Å²) in [5.74, 6) is -0.820. The van der Waals surface area contributed by atoms with Crippen LogP contribution < -0.4 is 11.1 Å². The zero-order chi connectivity index (χ0) is 11.3. The molecule has 1 aromatic rings. The van der Waals surface area contributed by atoms with Gasteiger partial charge in [-0.2, -0.15) is 0 Å². The maximum Gasteiger partial charge on any atom is 0.255 e. The molecule has 78 valence electrons. The summed E-state index contributed by atoms with van der Waals surface area (Å²) in [7, 11) is 0. The Morgan fingerprint density at radius 2 is 1.87 bits per heavy atom. The molecule has 4 nitrogen and oxygen atoms in total. The summed E-state index contributed by atoms with van der Waals surface area (Å²) in [6.07, 6.45) is 1.30. The third-order valence-electron chi connectivity index (χ3n) is 1.84. The molecule has 3 N–H and O–H groups in total. The van der Waals surface area contributed by atoms with Gasteiger partial charge in [0.25, 0.3) is 5.91 Å². The van der Waals surface area contributed by atoms with Crippen LogP contribution in [0.15, 0.2) is 42.1 Å². The Labute approximate surface area is 87.8 Å². The molecule has 0 spiro atoms. The van der Waals surface area contributed by atoms with Crippen LogP contribution in [0.5, 0.6) is 0 Å². The van der Waals surface area contributed by atoms with E-state index in [-0.39, 0.29) is 5.91 Å². The molecular weight excluding hydrogens is 192 g/mol. The van der Waals surface area contributed by atoms with Gasteiger partial charge in [-0.05, 0) is 19.1 Å². The molecule has 0 aromatic heterocycles. The Kier molecular flexibility index (Phi) is 3.62. The lowest BCUT2D eigenvalue weighted by atomic mass is 10.2. The van der Waals surface area contributed by atoms with E-state index in [0.717, 1.165) is 0 Å². The molecule has 0 atom stereocenters. The highest BCUT2D eigenvalue weighted by Crippen LogP contribution is 1.98. The molecule has 0 aliphatic rings. The maximum absolute atomic E-state index is 11.5. The Balaban J connectivity index is 2.66. The largest absolute Gasteiger partial charge is 0.366 e. The summed E-state index contributed by atoms with van der Waals surface area (Å²) in [6.45, 7) is 1.54. The van der Waals surface area contributed by atoms with Crippen molar-refractivity contribution in [1.82, 2.24) is 5.32 Å². The van der Waals surface area contributed by atoms with E-state index in [1.807, 2.05) is 6.07 Å². The minimum absolute atomic E-state index is 0.267. The summed E-state index contributed by atoms with van der Waals surface area (Å²) in [5.41, 5.74) is 5.84. The number of rotatable bonds is 3. The second-order valence-electron chi connectivity index (χ2n) is 3.03. The van der Waals surface area contributed by atoms with Crippen LogP contribution in [0.3, 0.4) is 0 Å². The lowest BCUT2D eigenvalue weighted by Gasteiger charge is -2.00. The van der Waals surface area contributed by atoms with Gasteiger partial charge in [-0.25, -0.2) is 0 Å². The first-order valence-electron chi connectivity index (χ1n) is 4.43. The van der Waals surface area contributed by atoms with Gasteiger partial charge < -0.3 is 11.1 Å². The van der Waals surface area contributed by atoms with Crippen molar-refractivity contribution >= 4 is 11.8 Å². The molecule has 0 heterocycles. The maximum atomic E-state index is 11.5. The SMILES string of the molecule is C/C(=C\NC(=O)c1ccccc1)C(N)=O. The first-order valence-corrected chi connectivity index (χ1v) is 4.43. The standard InChI is InChI=1S/C11H12N2O2/c1-8(10(12)14)7-13-11(15)9-5-3-2-4-6-9/h2-7H,1H3,(H2,12,14)(H,13,15)/b8-7+.